The molecule has 146 valence electrons. The van der Waals surface area contributed by atoms with E-state index >= 15 is 0 Å². The predicted octanol–water partition coefficient (Wildman–Crippen LogP) is 6.60. The third kappa shape index (κ3) is 3.05. The second kappa shape index (κ2) is 7.53. The molecule has 0 unspecified atom stereocenters. The molecule has 5 aromatic rings. The predicted molar refractivity (Wildman–Crippen MR) is 123 cm³/mol. The Morgan fingerprint density at radius 1 is 0.700 bits per heavy atom. The lowest BCUT2D eigenvalue weighted by molar-refractivity contribution is -0.137. The Morgan fingerprint density at radius 2 is 1.33 bits per heavy atom. The third-order valence-corrected chi connectivity index (χ3v) is 5.61. The first-order chi connectivity index (χ1) is 14.7. The first-order valence-electron chi connectivity index (χ1n) is 10.1. The molecule has 0 aliphatic rings. The van der Waals surface area contributed by atoms with Gasteiger partial charge in [0.25, 0.3) is 0 Å². The lowest BCUT2D eigenvalue weighted by Gasteiger charge is -2.13. The van der Waals surface area contributed by atoms with Crippen LogP contribution in [0.2, 0.25) is 0 Å². The van der Waals surface area contributed by atoms with Crippen molar-refractivity contribution in [2.45, 2.75) is 13.0 Å². The van der Waals surface area contributed by atoms with Gasteiger partial charge < -0.3 is 9.67 Å². The molecule has 5 rings (SSSR count). The molecule has 0 bridgehead atoms. The number of aliphatic carboxylic acids is 1. The first kappa shape index (κ1) is 18.2. The summed E-state index contributed by atoms with van der Waals surface area (Å²) in [4.78, 5) is 11.5. The van der Waals surface area contributed by atoms with Crippen molar-refractivity contribution in [3.8, 4) is 22.4 Å². The maximum atomic E-state index is 11.5. The second-order valence-corrected chi connectivity index (χ2v) is 7.43. The largest absolute Gasteiger partial charge is 0.481 e. The smallest absolute Gasteiger partial charge is 0.305 e. The number of hydrogen-bond acceptors (Lipinski definition) is 1. The summed E-state index contributed by atoms with van der Waals surface area (Å²) in [6.45, 7) is 0.414. The molecule has 3 nitrogen and oxygen atoms in total. The van der Waals surface area contributed by atoms with Crippen LogP contribution in [0, 0.1) is 0 Å². The van der Waals surface area contributed by atoms with Crippen LogP contribution in [0.3, 0.4) is 0 Å². The summed E-state index contributed by atoms with van der Waals surface area (Å²) in [5, 5.41) is 12.9. The molecule has 0 atom stereocenters. The highest BCUT2D eigenvalue weighted by molar-refractivity contribution is 6.15. The number of carboxylic acids is 1. The Labute approximate surface area is 174 Å². The second-order valence-electron chi connectivity index (χ2n) is 7.43. The van der Waals surface area contributed by atoms with Gasteiger partial charge in [-0.15, -0.1) is 0 Å². The average molecular weight is 391 g/mol. The van der Waals surface area contributed by atoms with Gasteiger partial charge in [-0.3, -0.25) is 4.79 Å². The summed E-state index contributed by atoms with van der Waals surface area (Å²) in [6.07, 6.45) is 0.0705. The summed E-state index contributed by atoms with van der Waals surface area (Å²) in [6, 6.07) is 33.2. The maximum Gasteiger partial charge on any atom is 0.305 e. The highest BCUT2D eigenvalue weighted by Gasteiger charge is 2.21. The van der Waals surface area contributed by atoms with E-state index in [1.165, 1.54) is 0 Å². The molecule has 0 radical (unpaired) electrons. The van der Waals surface area contributed by atoms with E-state index < -0.39 is 5.97 Å². The number of aryl methyl sites for hydroxylation is 1. The standard InChI is InChI=1S/C27H21NO2/c29-24(30)17-18-28-26(21-12-5-2-6-13-21)25(20-10-3-1-4-11-20)23-16-15-19-9-7-8-14-22(19)27(23)28/h1-16H,17-18H2,(H,29,30). The van der Waals surface area contributed by atoms with Gasteiger partial charge in [0.2, 0.25) is 0 Å². The zero-order valence-corrected chi connectivity index (χ0v) is 16.5. The van der Waals surface area contributed by atoms with Crippen LogP contribution in [-0.2, 0) is 11.3 Å². The highest BCUT2D eigenvalue weighted by atomic mass is 16.4. The normalized spacial score (nSPS) is 11.2. The van der Waals surface area contributed by atoms with Crippen molar-refractivity contribution in [3.05, 3.63) is 97.1 Å². The van der Waals surface area contributed by atoms with Crippen LogP contribution >= 0.6 is 0 Å². The van der Waals surface area contributed by atoms with E-state index in [9.17, 15) is 9.90 Å². The number of fused-ring (bicyclic) bond motifs is 3. The van der Waals surface area contributed by atoms with E-state index in [2.05, 4.69) is 53.1 Å². The Bertz CT molecular complexity index is 1350. The van der Waals surface area contributed by atoms with Crippen molar-refractivity contribution in [3.63, 3.8) is 0 Å². The van der Waals surface area contributed by atoms with Crippen molar-refractivity contribution < 1.29 is 9.90 Å². The lowest BCUT2D eigenvalue weighted by Crippen LogP contribution is -2.06. The Morgan fingerprint density at radius 3 is 2.03 bits per heavy atom. The Kier molecular flexibility index (Phi) is 4.56. The fourth-order valence-corrected chi connectivity index (χ4v) is 4.35. The van der Waals surface area contributed by atoms with E-state index in [0.29, 0.717) is 6.54 Å². The van der Waals surface area contributed by atoms with E-state index in [1.54, 1.807) is 0 Å². The van der Waals surface area contributed by atoms with E-state index in [4.69, 9.17) is 0 Å². The van der Waals surface area contributed by atoms with Crippen molar-refractivity contribution in [2.24, 2.45) is 0 Å². The summed E-state index contributed by atoms with van der Waals surface area (Å²) >= 11 is 0. The molecule has 1 N–H and O–H groups in total. The molecular formula is C27H21NO2. The molecule has 0 aliphatic heterocycles. The van der Waals surface area contributed by atoms with Gasteiger partial charge in [0.1, 0.15) is 0 Å². The summed E-state index contributed by atoms with van der Waals surface area (Å²) in [5.74, 6) is -0.794. The van der Waals surface area contributed by atoms with Gasteiger partial charge in [0.15, 0.2) is 0 Å². The van der Waals surface area contributed by atoms with Crippen molar-refractivity contribution in [1.82, 2.24) is 4.57 Å². The average Bonchev–Trinajstić information content (AvgIpc) is 3.13. The van der Waals surface area contributed by atoms with Gasteiger partial charge in [-0.2, -0.15) is 0 Å². The minimum absolute atomic E-state index is 0.0705. The van der Waals surface area contributed by atoms with Crippen LogP contribution in [0.25, 0.3) is 44.1 Å². The summed E-state index contributed by atoms with van der Waals surface area (Å²) in [7, 11) is 0. The maximum absolute atomic E-state index is 11.5. The van der Waals surface area contributed by atoms with Crippen LogP contribution in [0.1, 0.15) is 6.42 Å². The van der Waals surface area contributed by atoms with Gasteiger partial charge in [-0.1, -0.05) is 97.1 Å². The fraction of sp³-hybridized carbons (Fsp3) is 0.0741. The minimum Gasteiger partial charge on any atom is -0.481 e. The highest BCUT2D eigenvalue weighted by Crippen LogP contribution is 2.43. The number of carboxylic acid groups (broad SMARTS) is 1. The van der Waals surface area contributed by atoms with Crippen LogP contribution < -0.4 is 0 Å². The molecule has 0 aliphatic carbocycles. The Hall–Kier alpha value is -3.85. The van der Waals surface area contributed by atoms with Crippen molar-refractivity contribution in [2.75, 3.05) is 0 Å². The van der Waals surface area contributed by atoms with Crippen LogP contribution in [-0.4, -0.2) is 15.6 Å². The van der Waals surface area contributed by atoms with E-state index in [-0.39, 0.29) is 6.42 Å². The SMILES string of the molecule is O=C(O)CCn1c(-c2ccccc2)c(-c2ccccc2)c2ccc3ccccc3c21. The quantitative estimate of drug-likeness (QED) is 0.367. The molecule has 1 heterocycles. The lowest BCUT2D eigenvalue weighted by atomic mass is 9.97. The van der Waals surface area contributed by atoms with Gasteiger partial charge in [-0.25, -0.2) is 0 Å². The van der Waals surface area contributed by atoms with Gasteiger partial charge >= 0.3 is 5.97 Å². The van der Waals surface area contributed by atoms with E-state index in [0.717, 1.165) is 44.1 Å². The third-order valence-electron chi connectivity index (χ3n) is 5.61. The van der Waals surface area contributed by atoms with Crippen LogP contribution in [0.4, 0.5) is 0 Å². The molecule has 0 fully saturated rings. The number of hydrogen-bond donors (Lipinski definition) is 1. The summed E-state index contributed by atoms with van der Waals surface area (Å²) in [5.41, 5.74) is 5.52. The molecule has 0 amide bonds. The topological polar surface area (TPSA) is 42.2 Å². The van der Waals surface area contributed by atoms with Gasteiger partial charge in [0.05, 0.1) is 17.6 Å². The zero-order valence-electron chi connectivity index (χ0n) is 16.5. The van der Waals surface area contributed by atoms with Gasteiger partial charge in [0, 0.05) is 22.9 Å². The number of aromatic nitrogens is 1. The number of benzene rings is 4. The van der Waals surface area contributed by atoms with E-state index in [1.807, 2.05) is 48.5 Å². The molecular weight excluding hydrogens is 370 g/mol. The molecule has 30 heavy (non-hydrogen) atoms. The summed E-state index contributed by atoms with van der Waals surface area (Å²) < 4.78 is 2.20. The molecule has 4 aromatic carbocycles. The van der Waals surface area contributed by atoms with Crippen molar-refractivity contribution in [1.29, 1.82) is 0 Å². The number of rotatable bonds is 5. The number of carbonyl (C=O) groups is 1. The minimum atomic E-state index is -0.794. The Balaban J connectivity index is 1.95. The number of nitrogens with zero attached hydrogens (tertiary/aromatic N) is 1. The van der Waals surface area contributed by atoms with Crippen molar-refractivity contribution >= 4 is 27.6 Å². The first-order valence-corrected chi connectivity index (χ1v) is 10.1. The van der Waals surface area contributed by atoms with Gasteiger partial charge in [-0.05, 0) is 16.5 Å². The molecule has 3 heteroatoms. The molecule has 1 aromatic heterocycles. The van der Waals surface area contributed by atoms with Crippen LogP contribution in [0.5, 0.6) is 0 Å². The van der Waals surface area contributed by atoms with Crippen LogP contribution in [0.15, 0.2) is 97.1 Å². The molecule has 0 spiro atoms. The molecule has 0 saturated carbocycles. The molecule has 0 saturated heterocycles. The zero-order chi connectivity index (χ0) is 20.5. The monoisotopic (exact) mass is 391 g/mol. The fourth-order valence-electron chi connectivity index (χ4n) is 4.35.